The van der Waals surface area contributed by atoms with Gasteiger partial charge in [0.25, 0.3) is 5.91 Å². The van der Waals surface area contributed by atoms with Crippen molar-refractivity contribution in [1.82, 2.24) is 4.98 Å². The zero-order valence-electron chi connectivity index (χ0n) is 17.8. The minimum Gasteiger partial charge on any atom is -0.399 e. The molecule has 0 atom stereocenters. The minimum absolute atomic E-state index is 0.238. The van der Waals surface area contributed by atoms with E-state index >= 15 is 0 Å². The summed E-state index contributed by atoms with van der Waals surface area (Å²) in [5.74, 6) is 0.643. The number of amides is 1. The third-order valence-electron chi connectivity index (χ3n) is 6.22. The van der Waals surface area contributed by atoms with E-state index in [1.807, 2.05) is 6.07 Å². The summed E-state index contributed by atoms with van der Waals surface area (Å²) in [4.78, 5) is 19.9. The third kappa shape index (κ3) is 4.64. The second-order valence-electron chi connectivity index (χ2n) is 8.62. The van der Waals surface area contributed by atoms with Crippen LogP contribution in [0.25, 0.3) is 0 Å². The summed E-state index contributed by atoms with van der Waals surface area (Å²) in [5.41, 5.74) is 8.82. The molecule has 0 radical (unpaired) electrons. The largest absolute Gasteiger partial charge is 0.399 e. The van der Waals surface area contributed by atoms with Crippen molar-refractivity contribution in [3.05, 3.63) is 53.6 Å². The first-order chi connectivity index (χ1) is 15.0. The highest BCUT2D eigenvalue weighted by Crippen LogP contribution is 2.38. The summed E-state index contributed by atoms with van der Waals surface area (Å²) in [7, 11) is 0. The molecule has 160 valence electrons. The molecule has 31 heavy (non-hydrogen) atoms. The van der Waals surface area contributed by atoms with Crippen LogP contribution in [0.3, 0.4) is 0 Å². The van der Waals surface area contributed by atoms with Gasteiger partial charge in [-0.25, -0.2) is 4.98 Å². The van der Waals surface area contributed by atoms with Crippen LogP contribution in [-0.4, -0.2) is 30.5 Å². The van der Waals surface area contributed by atoms with Crippen LogP contribution < -0.4 is 21.3 Å². The molecule has 0 unspecified atom stereocenters. The van der Waals surface area contributed by atoms with E-state index in [2.05, 4.69) is 45.7 Å². The number of nitrogen functional groups attached to an aromatic ring is 1. The fraction of sp³-hybridized carbons (Fsp3) is 0.375. The van der Waals surface area contributed by atoms with Gasteiger partial charge in [0.15, 0.2) is 0 Å². The monoisotopic (exact) mass is 416 g/mol. The number of nitrogens with one attached hydrogen (secondary N) is 2. The zero-order chi connectivity index (χ0) is 21.8. The van der Waals surface area contributed by atoms with Gasteiger partial charge in [-0.2, -0.15) is 5.26 Å². The second-order valence-corrected chi connectivity index (χ2v) is 8.62. The molecule has 5 rings (SSSR count). The normalized spacial score (nSPS) is 19.4. The van der Waals surface area contributed by atoms with E-state index in [9.17, 15) is 10.1 Å². The number of benzene rings is 1. The van der Waals surface area contributed by atoms with Crippen LogP contribution in [0.5, 0.6) is 0 Å². The number of carbonyl (C=O) groups excluding carboxylic acids is 1. The number of hydrogen-bond donors (Lipinski definition) is 3. The fourth-order valence-corrected chi connectivity index (χ4v) is 4.19. The Labute approximate surface area is 183 Å². The predicted octanol–water partition coefficient (Wildman–Crippen LogP) is 4.16. The number of rotatable bonds is 0. The van der Waals surface area contributed by atoms with Crippen LogP contribution in [0.2, 0.25) is 0 Å². The Balaban J connectivity index is 1.71. The lowest BCUT2D eigenvalue weighted by Gasteiger charge is -2.40. The van der Waals surface area contributed by atoms with Crippen molar-refractivity contribution in [2.24, 2.45) is 5.41 Å². The lowest BCUT2D eigenvalue weighted by molar-refractivity contribution is 0.102. The summed E-state index contributed by atoms with van der Waals surface area (Å²) >= 11 is 0. The summed E-state index contributed by atoms with van der Waals surface area (Å²) in [6.07, 6.45) is 8.44. The number of pyridine rings is 1. The van der Waals surface area contributed by atoms with E-state index in [1.54, 1.807) is 24.3 Å². The van der Waals surface area contributed by atoms with E-state index in [0.717, 1.165) is 44.5 Å². The molecule has 1 amide bonds. The average molecular weight is 417 g/mol. The van der Waals surface area contributed by atoms with Crippen LogP contribution in [0, 0.1) is 16.7 Å². The molecule has 3 aliphatic rings. The van der Waals surface area contributed by atoms with Gasteiger partial charge in [-0.05, 0) is 61.4 Å². The molecule has 0 saturated carbocycles. The SMILES string of the molecule is CC12C/C=C/CCNc3nc(ccc3C#N)NC(=O)c3ccc(N)cc3N(CC1)CC2. The Morgan fingerprint density at radius 2 is 2.00 bits per heavy atom. The molecule has 1 saturated heterocycles. The van der Waals surface area contributed by atoms with Crippen molar-refractivity contribution in [3.63, 3.8) is 0 Å². The summed E-state index contributed by atoms with van der Waals surface area (Å²) in [5, 5.41) is 15.5. The molecular weight excluding hydrogens is 388 g/mol. The highest BCUT2D eigenvalue weighted by molar-refractivity contribution is 6.08. The number of aromatic nitrogens is 1. The van der Waals surface area contributed by atoms with Gasteiger partial charge in [-0.1, -0.05) is 19.1 Å². The maximum absolute atomic E-state index is 13.1. The Morgan fingerprint density at radius 3 is 2.77 bits per heavy atom. The molecule has 4 N–H and O–H groups in total. The van der Waals surface area contributed by atoms with Crippen LogP contribution in [-0.2, 0) is 0 Å². The maximum atomic E-state index is 13.1. The highest BCUT2D eigenvalue weighted by Gasteiger charge is 2.30. The van der Waals surface area contributed by atoms with E-state index in [4.69, 9.17) is 5.73 Å². The van der Waals surface area contributed by atoms with Crippen molar-refractivity contribution in [2.45, 2.75) is 32.6 Å². The molecule has 2 aromatic rings. The van der Waals surface area contributed by atoms with E-state index in [1.165, 1.54) is 0 Å². The summed E-state index contributed by atoms with van der Waals surface area (Å²) in [6.45, 7) is 4.77. The molecule has 0 spiro atoms. The van der Waals surface area contributed by atoms with Crippen LogP contribution in [0.15, 0.2) is 42.5 Å². The Morgan fingerprint density at radius 1 is 1.19 bits per heavy atom. The number of nitriles is 1. The first kappa shape index (κ1) is 20.7. The van der Waals surface area contributed by atoms with Gasteiger partial charge >= 0.3 is 0 Å². The first-order valence-corrected chi connectivity index (χ1v) is 10.7. The lowest BCUT2D eigenvalue weighted by Crippen LogP contribution is -2.39. The number of carbonyl (C=O) groups is 1. The number of piperidine rings is 1. The number of nitrogens with two attached hydrogens (primary N) is 1. The first-order valence-electron chi connectivity index (χ1n) is 10.7. The lowest BCUT2D eigenvalue weighted by atomic mass is 9.77. The van der Waals surface area contributed by atoms with E-state index in [-0.39, 0.29) is 11.3 Å². The summed E-state index contributed by atoms with van der Waals surface area (Å²) < 4.78 is 0. The average Bonchev–Trinajstić information content (AvgIpc) is 2.76. The number of hydrogen-bond acceptors (Lipinski definition) is 6. The van der Waals surface area contributed by atoms with E-state index in [0.29, 0.717) is 35.0 Å². The molecule has 0 aliphatic carbocycles. The zero-order valence-corrected chi connectivity index (χ0v) is 17.8. The van der Waals surface area contributed by atoms with Crippen molar-refractivity contribution in [1.29, 1.82) is 5.26 Å². The number of nitrogens with zero attached hydrogens (tertiary/aromatic N) is 3. The van der Waals surface area contributed by atoms with Crippen molar-refractivity contribution < 1.29 is 4.79 Å². The van der Waals surface area contributed by atoms with Gasteiger partial charge in [-0.15, -0.1) is 0 Å². The Hall–Kier alpha value is -3.53. The number of allylic oxidation sites excluding steroid dienone is 1. The van der Waals surface area contributed by atoms with Crippen molar-refractivity contribution in [2.75, 3.05) is 40.9 Å². The summed E-state index contributed by atoms with van der Waals surface area (Å²) in [6, 6.07) is 10.9. The Kier molecular flexibility index (Phi) is 5.81. The van der Waals surface area contributed by atoms with Crippen molar-refractivity contribution in [3.8, 4) is 6.07 Å². The number of anilines is 4. The Bertz CT molecular complexity index is 1050. The maximum Gasteiger partial charge on any atom is 0.258 e. The predicted molar refractivity (Wildman–Crippen MR) is 124 cm³/mol. The smallest absolute Gasteiger partial charge is 0.258 e. The number of fused-ring (bicyclic) bond motifs is 7. The molecule has 4 bridgehead atoms. The molecule has 3 aliphatic heterocycles. The van der Waals surface area contributed by atoms with Gasteiger partial charge in [0.2, 0.25) is 0 Å². The third-order valence-corrected chi connectivity index (χ3v) is 6.22. The molecule has 7 heteroatoms. The molecular formula is C24H28N6O. The molecule has 1 fully saturated rings. The molecule has 7 nitrogen and oxygen atoms in total. The molecule has 1 aromatic heterocycles. The van der Waals surface area contributed by atoms with Gasteiger partial charge in [-0.3, -0.25) is 4.79 Å². The van der Waals surface area contributed by atoms with Gasteiger partial charge in [0.1, 0.15) is 17.7 Å². The topological polar surface area (TPSA) is 107 Å². The van der Waals surface area contributed by atoms with Crippen molar-refractivity contribution >= 4 is 28.9 Å². The van der Waals surface area contributed by atoms with Gasteiger partial charge in [0.05, 0.1) is 16.8 Å². The van der Waals surface area contributed by atoms with Crippen LogP contribution >= 0.6 is 0 Å². The highest BCUT2D eigenvalue weighted by atomic mass is 16.1. The standard InChI is InChI=1S/C24H28N6O/c1-24-9-3-2-4-12-27-22-17(16-25)5-8-21(28-22)29-23(31)19-7-6-18(26)15-20(19)30(13-10-24)14-11-24/h2-3,5-8,15H,4,9-14,26H2,1H3,(H2,27,28,29,31)/b3-2+. The van der Waals surface area contributed by atoms with Crippen LogP contribution in [0.1, 0.15) is 48.5 Å². The molecule has 4 heterocycles. The fourth-order valence-electron chi connectivity index (χ4n) is 4.19. The van der Waals surface area contributed by atoms with Gasteiger partial charge in [0, 0.05) is 25.3 Å². The van der Waals surface area contributed by atoms with Gasteiger partial charge < -0.3 is 21.3 Å². The molecule has 1 aromatic carbocycles. The quantitative estimate of drug-likeness (QED) is 0.440. The van der Waals surface area contributed by atoms with Crippen LogP contribution in [0.4, 0.5) is 23.0 Å². The van der Waals surface area contributed by atoms with E-state index < -0.39 is 0 Å². The second kappa shape index (κ2) is 8.68. The minimum atomic E-state index is -0.238.